The average molecular weight is 426 g/mol. The van der Waals surface area contributed by atoms with E-state index >= 15 is 0 Å². The lowest BCUT2D eigenvalue weighted by molar-refractivity contribution is -0.159. The summed E-state index contributed by atoms with van der Waals surface area (Å²) in [7, 11) is 3.31. The Morgan fingerprint density at radius 1 is 1.08 bits per heavy atom. The van der Waals surface area contributed by atoms with Gasteiger partial charge >= 0.3 is 11.9 Å². The number of nitrogens with one attached hydrogen (secondary N) is 1. The lowest BCUT2D eigenvalue weighted by atomic mass is 10.1. The van der Waals surface area contributed by atoms with Crippen molar-refractivity contribution in [3.63, 3.8) is 0 Å². The molecule has 2 aromatic rings. The predicted molar refractivity (Wildman–Crippen MR) is 101 cm³/mol. The second kappa shape index (κ2) is 10.3. The Labute approximate surface area is 159 Å². The number of benzene rings is 2. The van der Waals surface area contributed by atoms with Crippen molar-refractivity contribution in [2.45, 2.75) is 13.5 Å². The monoisotopic (exact) mass is 425 g/mol. The number of methoxy groups -OCH3 is 2. The zero-order valence-corrected chi connectivity index (χ0v) is 16.2. The summed E-state index contributed by atoms with van der Waals surface area (Å²) in [6, 6.07) is 12.1. The van der Waals surface area contributed by atoms with E-state index in [0.717, 1.165) is 27.2 Å². The largest absolute Gasteiger partial charge is 0.493 e. The zero-order chi connectivity index (χ0) is 19.7. The number of para-hydroxylation sites is 1. The highest BCUT2D eigenvalue weighted by molar-refractivity contribution is 9.10. The molecule has 3 N–H and O–H groups in total. The SMILES string of the molecule is COc1cccc(CNc2ccc(Br)cc2C)c1OC.O=C(O)C(=O)O. The lowest BCUT2D eigenvalue weighted by Crippen LogP contribution is -2.09. The van der Waals surface area contributed by atoms with Crippen LogP contribution in [0.3, 0.4) is 0 Å². The van der Waals surface area contributed by atoms with Gasteiger partial charge in [-0.1, -0.05) is 28.1 Å². The molecular weight excluding hydrogens is 406 g/mol. The molecule has 0 atom stereocenters. The van der Waals surface area contributed by atoms with Gasteiger partial charge in [0.25, 0.3) is 0 Å². The number of hydrogen-bond donors (Lipinski definition) is 3. The molecule has 2 aromatic carbocycles. The van der Waals surface area contributed by atoms with E-state index in [2.05, 4.69) is 40.3 Å². The van der Waals surface area contributed by atoms with Crippen molar-refractivity contribution in [1.82, 2.24) is 0 Å². The van der Waals surface area contributed by atoms with E-state index < -0.39 is 11.9 Å². The van der Waals surface area contributed by atoms with Crippen LogP contribution in [-0.4, -0.2) is 36.4 Å². The third kappa shape index (κ3) is 6.29. The number of carbonyl (C=O) groups is 2. The van der Waals surface area contributed by atoms with Gasteiger partial charge in [-0.15, -0.1) is 0 Å². The normalized spacial score (nSPS) is 9.54. The Balaban J connectivity index is 0.000000487. The van der Waals surface area contributed by atoms with E-state index in [1.54, 1.807) is 14.2 Å². The van der Waals surface area contributed by atoms with Crippen LogP contribution in [0.25, 0.3) is 0 Å². The highest BCUT2D eigenvalue weighted by Crippen LogP contribution is 2.31. The number of anilines is 1. The first-order chi connectivity index (χ1) is 12.3. The van der Waals surface area contributed by atoms with Crippen LogP contribution in [-0.2, 0) is 16.1 Å². The summed E-state index contributed by atoms with van der Waals surface area (Å²) in [5.41, 5.74) is 3.37. The molecule has 7 nitrogen and oxygen atoms in total. The Morgan fingerprint density at radius 3 is 2.23 bits per heavy atom. The molecule has 0 fully saturated rings. The van der Waals surface area contributed by atoms with Crippen molar-refractivity contribution in [3.05, 3.63) is 52.0 Å². The van der Waals surface area contributed by atoms with Crippen molar-refractivity contribution in [3.8, 4) is 11.5 Å². The molecule has 0 unspecified atom stereocenters. The second-order valence-electron chi connectivity index (χ2n) is 5.08. The molecule has 0 aliphatic carbocycles. The third-order valence-corrected chi connectivity index (χ3v) is 3.82. The number of carboxylic acid groups (broad SMARTS) is 2. The third-order valence-electron chi connectivity index (χ3n) is 3.33. The minimum absolute atomic E-state index is 0.683. The summed E-state index contributed by atoms with van der Waals surface area (Å²) < 4.78 is 11.8. The molecule has 0 aliphatic rings. The van der Waals surface area contributed by atoms with Gasteiger partial charge in [0.15, 0.2) is 11.5 Å². The van der Waals surface area contributed by atoms with Gasteiger partial charge in [-0.25, -0.2) is 9.59 Å². The predicted octanol–water partition coefficient (Wildman–Crippen LogP) is 3.54. The van der Waals surface area contributed by atoms with E-state index in [1.807, 2.05) is 24.3 Å². The fourth-order valence-electron chi connectivity index (χ4n) is 2.11. The number of aryl methyl sites for hydroxylation is 1. The van der Waals surface area contributed by atoms with Gasteiger partial charge in [0.05, 0.1) is 14.2 Å². The molecule has 0 radical (unpaired) electrons. The average Bonchev–Trinajstić information content (AvgIpc) is 2.60. The van der Waals surface area contributed by atoms with Gasteiger partial charge in [-0.05, 0) is 36.8 Å². The fourth-order valence-corrected chi connectivity index (χ4v) is 2.58. The van der Waals surface area contributed by atoms with Gasteiger partial charge in [-0.3, -0.25) is 0 Å². The van der Waals surface area contributed by atoms with Gasteiger partial charge < -0.3 is 25.0 Å². The van der Waals surface area contributed by atoms with Crippen molar-refractivity contribution in [2.75, 3.05) is 19.5 Å². The van der Waals surface area contributed by atoms with Crippen LogP contribution in [0.1, 0.15) is 11.1 Å². The maximum absolute atomic E-state index is 9.10. The van der Waals surface area contributed by atoms with E-state index in [9.17, 15) is 0 Å². The molecule has 26 heavy (non-hydrogen) atoms. The molecule has 0 aromatic heterocycles. The number of rotatable bonds is 5. The Bertz CT molecular complexity index is 766. The van der Waals surface area contributed by atoms with Crippen LogP contribution < -0.4 is 14.8 Å². The Kier molecular flexibility index (Phi) is 8.44. The van der Waals surface area contributed by atoms with E-state index in [-0.39, 0.29) is 0 Å². The van der Waals surface area contributed by atoms with Gasteiger partial charge in [-0.2, -0.15) is 0 Å². The first-order valence-electron chi connectivity index (χ1n) is 7.46. The maximum atomic E-state index is 9.10. The number of aliphatic carboxylic acids is 2. The zero-order valence-electron chi connectivity index (χ0n) is 14.6. The molecule has 140 valence electrons. The topological polar surface area (TPSA) is 105 Å². The molecule has 2 rings (SSSR count). The van der Waals surface area contributed by atoms with E-state index in [0.29, 0.717) is 6.54 Å². The Morgan fingerprint density at radius 2 is 1.73 bits per heavy atom. The summed E-state index contributed by atoms with van der Waals surface area (Å²) in [5.74, 6) is -2.12. The van der Waals surface area contributed by atoms with Gasteiger partial charge in [0, 0.05) is 22.3 Å². The van der Waals surface area contributed by atoms with E-state index in [4.69, 9.17) is 29.3 Å². The van der Waals surface area contributed by atoms with Gasteiger partial charge in [0.2, 0.25) is 0 Å². The first kappa shape index (κ1) is 21.3. The van der Waals surface area contributed by atoms with Crippen LogP contribution in [0.2, 0.25) is 0 Å². The molecule has 0 saturated heterocycles. The minimum atomic E-state index is -1.82. The number of ether oxygens (including phenoxy) is 2. The van der Waals surface area contributed by atoms with Crippen LogP contribution in [0.5, 0.6) is 11.5 Å². The van der Waals surface area contributed by atoms with E-state index in [1.165, 1.54) is 5.56 Å². The Hall–Kier alpha value is -2.74. The van der Waals surface area contributed by atoms with Crippen LogP contribution >= 0.6 is 15.9 Å². The molecule has 0 bridgehead atoms. The molecule has 8 heteroatoms. The molecule has 0 amide bonds. The molecule has 0 heterocycles. The quantitative estimate of drug-likeness (QED) is 0.628. The summed E-state index contributed by atoms with van der Waals surface area (Å²) in [5, 5.41) is 18.2. The molecule has 0 saturated carbocycles. The summed E-state index contributed by atoms with van der Waals surface area (Å²) in [6.07, 6.45) is 0. The maximum Gasteiger partial charge on any atom is 0.414 e. The highest BCUT2D eigenvalue weighted by atomic mass is 79.9. The number of carboxylic acids is 2. The van der Waals surface area contributed by atoms with Crippen molar-refractivity contribution in [2.24, 2.45) is 0 Å². The number of halogens is 1. The summed E-state index contributed by atoms with van der Waals surface area (Å²) in [4.78, 5) is 18.2. The minimum Gasteiger partial charge on any atom is -0.493 e. The molecular formula is C18H20BrNO6. The van der Waals surface area contributed by atoms with Crippen molar-refractivity contribution >= 4 is 33.6 Å². The molecule has 0 spiro atoms. The smallest absolute Gasteiger partial charge is 0.414 e. The highest BCUT2D eigenvalue weighted by Gasteiger charge is 2.09. The van der Waals surface area contributed by atoms with Crippen LogP contribution in [0.4, 0.5) is 5.69 Å². The van der Waals surface area contributed by atoms with Crippen LogP contribution in [0.15, 0.2) is 40.9 Å². The fraction of sp³-hybridized carbons (Fsp3) is 0.222. The van der Waals surface area contributed by atoms with Gasteiger partial charge in [0.1, 0.15) is 0 Å². The lowest BCUT2D eigenvalue weighted by Gasteiger charge is -2.14. The molecule has 0 aliphatic heterocycles. The number of hydrogen-bond acceptors (Lipinski definition) is 5. The summed E-state index contributed by atoms with van der Waals surface area (Å²) in [6.45, 7) is 2.76. The summed E-state index contributed by atoms with van der Waals surface area (Å²) >= 11 is 3.47. The van der Waals surface area contributed by atoms with Crippen LogP contribution in [0, 0.1) is 6.92 Å². The van der Waals surface area contributed by atoms with Crippen molar-refractivity contribution < 1.29 is 29.3 Å². The van der Waals surface area contributed by atoms with Crippen molar-refractivity contribution in [1.29, 1.82) is 0 Å². The second-order valence-corrected chi connectivity index (χ2v) is 5.99. The first-order valence-corrected chi connectivity index (χ1v) is 8.25. The standard InChI is InChI=1S/C16H18BrNO2.C2H2O4/c1-11-9-13(17)7-8-14(11)18-10-12-5-4-6-15(19-2)16(12)20-3;3-1(4)2(5)6/h4-9,18H,10H2,1-3H3;(H,3,4)(H,5,6).